The lowest BCUT2D eigenvalue weighted by Crippen LogP contribution is -2.43. The topological polar surface area (TPSA) is 63.7 Å². The van der Waals surface area contributed by atoms with E-state index in [0.29, 0.717) is 17.1 Å². The quantitative estimate of drug-likeness (QED) is 0.464. The molecule has 3 aromatic rings. The van der Waals surface area contributed by atoms with Crippen molar-refractivity contribution in [1.82, 2.24) is 19.3 Å². The second-order valence-corrected chi connectivity index (χ2v) is 10.4. The maximum atomic E-state index is 15.2. The molecule has 5 rings (SSSR count). The number of fused-ring (bicyclic) bond motifs is 1. The molecular weight excluding hydrogens is 494 g/mol. The molecule has 0 bridgehead atoms. The van der Waals surface area contributed by atoms with Crippen LogP contribution in [-0.4, -0.2) is 77.9 Å². The number of nitrogens with one attached hydrogen (secondary N) is 1. The maximum absolute atomic E-state index is 15.2. The minimum absolute atomic E-state index is 0.0411. The number of likely N-dealkylation sites (N-methyl/N-ethyl adjacent to an activating group) is 1. The average Bonchev–Trinajstić information content (AvgIpc) is 2.90. The molecule has 4 heterocycles. The molecule has 2 aliphatic rings. The molecule has 1 aromatic carbocycles. The molecular formula is C26H32F2N8S. The number of pyridine rings is 1. The lowest BCUT2D eigenvalue weighted by atomic mass is 10.0. The van der Waals surface area contributed by atoms with Crippen molar-refractivity contribution in [2.45, 2.75) is 19.9 Å². The molecule has 37 heavy (non-hydrogen) atoms. The normalized spacial score (nSPS) is 16.4. The van der Waals surface area contributed by atoms with Crippen molar-refractivity contribution < 1.29 is 8.78 Å². The Kier molecular flexibility index (Phi) is 7.34. The Labute approximate surface area is 220 Å². The predicted molar refractivity (Wildman–Crippen MR) is 148 cm³/mol. The molecule has 11 heteroatoms. The van der Waals surface area contributed by atoms with Gasteiger partial charge in [0, 0.05) is 57.9 Å². The summed E-state index contributed by atoms with van der Waals surface area (Å²) in [5, 5.41) is 3.06. The Morgan fingerprint density at radius 2 is 1.73 bits per heavy atom. The minimum Gasteiger partial charge on any atom is -0.369 e. The summed E-state index contributed by atoms with van der Waals surface area (Å²) in [4.78, 5) is 19.3. The van der Waals surface area contributed by atoms with E-state index in [4.69, 9.17) is 0 Å². The second-order valence-electron chi connectivity index (χ2n) is 9.55. The summed E-state index contributed by atoms with van der Waals surface area (Å²) < 4.78 is 32.5. The highest BCUT2D eigenvalue weighted by Gasteiger charge is 2.27. The van der Waals surface area contributed by atoms with Gasteiger partial charge in [-0.25, -0.2) is 28.0 Å². The van der Waals surface area contributed by atoms with E-state index in [9.17, 15) is 4.39 Å². The lowest BCUT2D eigenvalue weighted by molar-refractivity contribution is 0.431. The van der Waals surface area contributed by atoms with Gasteiger partial charge in [-0.3, -0.25) is 0 Å². The standard InChI is InChI=1S/C26H32F2N8S/c1-17(2)36-12-7-33(3)25-20(27)13-18(14-22(25)36)24-21(28)16-30-26(32-24)31-23-6-5-19(15-29-23)34-8-10-35(37-4)11-9-34/h5-6,13-17H,7-12H2,1-4H3,(H,29,30,31,32). The fourth-order valence-corrected chi connectivity index (χ4v) is 5.39. The maximum Gasteiger partial charge on any atom is 0.229 e. The summed E-state index contributed by atoms with van der Waals surface area (Å²) in [5.74, 6) is -0.268. The van der Waals surface area contributed by atoms with E-state index in [1.165, 1.54) is 6.07 Å². The number of hydrogen-bond donors (Lipinski definition) is 1. The summed E-state index contributed by atoms with van der Waals surface area (Å²) in [6, 6.07) is 7.20. The van der Waals surface area contributed by atoms with Crippen molar-refractivity contribution in [1.29, 1.82) is 0 Å². The molecule has 8 nitrogen and oxygen atoms in total. The van der Waals surface area contributed by atoms with Gasteiger partial charge in [0.2, 0.25) is 5.95 Å². The van der Waals surface area contributed by atoms with Gasteiger partial charge >= 0.3 is 0 Å². The Hall–Kier alpha value is -3.18. The van der Waals surface area contributed by atoms with E-state index in [2.05, 4.69) is 54.5 Å². The average molecular weight is 527 g/mol. The van der Waals surface area contributed by atoms with Crippen LogP contribution in [-0.2, 0) is 0 Å². The van der Waals surface area contributed by atoms with Crippen LogP contribution >= 0.6 is 11.9 Å². The molecule has 0 spiro atoms. The first-order valence-electron chi connectivity index (χ1n) is 12.5. The number of nitrogens with zero attached hydrogens (tertiary/aromatic N) is 7. The minimum atomic E-state index is -0.613. The fourth-order valence-electron chi connectivity index (χ4n) is 4.86. The van der Waals surface area contributed by atoms with Crippen LogP contribution in [0.15, 0.2) is 36.7 Å². The van der Waals surface area contributed by atoms with E-state index in [-0.39, 0.29) is 17.7 Å². The highest BCUT2D eigenvalue weighted by atomic mass is 32.2. The number of piperazine rings is 1. The number of anilines is 5. The van der Waals surface area contributed by atoms with Crippen molar-refractivity contribution in [3.8, 4) is 11.3 Å². The molecule has 196 valence electrons. The molecule has 1 saturated heterocycles. The third kappa shape index (κ3) is 5.28. The van der Waals surface area contributed by atoms with Gasteiger partial charge in [-0.05, 0) is 44.4 Å². The Morgan fingerprint density at radius 3 is 2.41 bits per heavy atom. The van der Waals surface area contributed by atoms with Crippen molar-refractivity contribution in [2.24, 2.45) is 0 Å². The van der Waals surface area contributed by atoms with Crippen molar-refractivity contribution >= 4 is 40.8 Å². The molecule has 1 fully saturated rings. The number of rotatable bonds is 6. The first kappa shape index (κ1) is 25.5. The van der Waals surface area contributed by atoms with Gasteiger partial charge in [-0.1, -0.05) is 11.9 Å². The zero-order valence-electron chi connectivity index (χ0n) is 21.6. The molecule has 0 amide bonds. The van der Waals surface area contributed by atoms with Crippen LogP contribution in [0.2, 0.25) is 0 Å². The monoisotopic (exact) mass is 526 g/mol. The zero-order valence-corrected chi connectivity index (χ0v) is 22.4. The summed E-state index contributed by atoms with van der Waals surface area (Å²) in [7, 11) is 1.87. The third-order valence-corrected chi connectivity index (χ3v) is 7.78. The van der Waals surface area contributed by atoms with Gasteiger partial charge in [0.05, 0.1) is 29.5 Å². The summed E-state index contributed by atoms with van der Waals surface area (Å²) in [6.07, 6.45) is 5.02. The van der Waals surface area contributed by atoms with Gasteiger partial charge in [0.1, 0.15) is 17.3 Å². The van der Waals surface area contributed by atoms with E-state index < -0.39 is 11.6 Å². The Morgan fingerprint density at radius 1 is 0.946 bits per heavy atom. The molecule has 2 aliphatic heterocycles. The second kappa shape index (κ2) is 10.7. The van der Waals surface area contributed by atoms with E-state index in [1.54, 1.807) is 11.9 Å². The fraction of sp³-hybridized carbons (Fsp3) is 0.423. The van der Waals surface area contributed by atoms with Crippen molar-refractivity contribution in [3.63, 3.8) is 0 Å². The molecule has 0 unspecified atom stereocenters. The van der Waals surface area contributed by atoms with Crippen LogP contribution in [0.25, 0.3) is 11.3 Å². The highest BCUT2D eigenvalue weighted by Crippen LogP contribution is 2.39. The van der Waals surface area contributed by atoms with Gasteiger partial charge in [-0.2, -0.15) is 0 Å². The first-order chi connectivity index (χ1) is 17.8. The molecule has 0 atom stereocenters. The zero-order chi connectivity index (χ0) is 26.1. The van der Waals surface area contributed by atoms with Crippen LogP contribution in [0.1, 0.15) is 13.8 Å². The van der Waals surface area contributed by atoms with Crippen molar-refractivity contribution in [3.05, 3.63) is 48.3 Å². The van der Waals surface area contributed by atoms with Gasteiger partial charge in [0.15, 0.2) is 5.82 Å². The molecule has 2 aromatic heterocycles. The van der Waals surface area contributed by atoms with E-state index >= 15 is 4.39 Å². The van der Waals surface area contributed by atoms with Gasteiger partial charge < -0.3 is 20.0 Å². The largest absolute Gasteiger partial charge is 0.369 e. The Bertz CT molecular complexity index is 1250. The SMILES string of the molecule is CSN1CCN(c2ccc(Nc3ncc(F)c(-c4cc(F)c5c(c4)N(C(C)C)CCN5C)n3)nc2)CC1. The third-order valence-electron chi connectivity index (χ3n) is 6.90. The summed E-state index contributed by atoms with van der Waals surface area (Å²) in [6.45, 7) is 9.51. The summed E-state index contributed by atoms with van der Waals surface area (Å²) >= 11 is 1.77. The smallest absolute Gasteiger partial charge is 0.229 e. The van der Waals surface area contributed by atoms with Crippen molar-refractivity contribution in [2.75, 3.05) is 72.6 Å². The van der Waals surface area contributed by atoms with E-state index in [1.807, 2.05) is 36.3 Å². The molecule has 0 saturated carbocycles. The van der Waals surface area contributed by atoms with Crippen LogP contribution in [0.3, 0.4) is 0 Å². The summed E-state index contributed by atoms with van der Waals surface area (Å²) in [5.41, 5.74) is 2.72. The van der Waals surface area contributed by atoms with Crippen LogP contribution in [0.4, 0.5) is 37.6 Å². The number of hydrogen-bond acceptors (Lipinski definition) is 9. The molecule has 0 radical (unpaired) electrons. The predicted octanol–water partition coefficient (Wildman–Crippen LogP) is 4.63. The van der Waals surface area contributed by atoms with Gasteiger partial charge in [0.25, 0.3) is 0 Å². The van der Waals surface area contributed by atoms with E-state index in [0.717, 1.165) is 56.8 Å². The Balaban J connectivity index is 1.38. The van der Waals surface area contributed by atoms with Gasteiger partial charge in [-0.15, -0.1) is 0 Å². The van der Waals surface area contributed by atoms with Crippen LogP contribution in [0.5, 0.6) is 0 Å². The number of halogens is 2. The lowest BCUT2D eigenvalue weighted by Gasteiger charge is -2.39. The molecule has 0 aliphatic carbocycles. The van der Waals surface area contributed by atoms with Crippen LogP contribution < -0.4 is 20.0 Å². The molecule has 1 N–H and O–H groups in total. The number of benzene rings is 1. The number of aromatic nitrogens is 3. The first-order valence-corrected chi connectivity index (χ1v) is 13.6. The highest BCUT2D eigenvalue weighted by molar-refractivity contribution is 7.96. The van der Waals surface area contributed by atoms with Crippen LogP contribution in [0, 0.1) is 11.6 Å².